The minimum Gasteiger partial charge on any atom is -0.744 e. The highest BCUT2D eigenvalue weighted by Crippen LogP contribution is 2.19. The second kappa shape index (κ2) is 5.54. The number of benzene rings is 1. The molecule has 0 spiro atoms. The van der Waals surface area contributed by atoms with Crippen molar-refractivity contribution >= 4 is 27.7 Å². The fourth-order valence-corrected chi connectivity index (χ4v) is 1.62. The molecule has 0 aliphatic carbocycles. The maximum Gasteiger partial charge on any atom is 0.336 e. The van der Waals surface area contributed by atoms with Crippen molar-refractivity contribution in [3.8, 4) is 0 Å². The molecule has 1 aromatic carbocycles. The normalized spacial score (nSPS) is 10.0. The van der Waals surface area contributed by atoms with Gasteiger partial charge in [-0.2, -0.15) is 0 Å². The molecule has 0 radical (unpaired) electrons. The minimum absolute atomic E-state index is 0.0394. The largest absolute Gasteiger partial charge is 0.744 e. The molecule has 15 heavy (non-hydrogen) atoms. The summed E-state index contributed by atoms with van der Waals surface area (Å²) in [6.07, 6.45) is 0. The van der Waals surface area contributed by atoms with Crippen molar-refractivity contribution in [1.82, 2.24) is 0 Å². The van der Waals surface area contributed by atoms with Crippen LogP contribution in [0.4, 0.5) is 0 Å². The van der Waals surface area contributed by atoms with E-state index < -0.39 is 10.1 Å². The maximum atomic E-state index is 10.4. The van der Waals surface area contributed by atoms with E-state index in [0.29, 0.717) is 0 Å². The summed E-state index contributed by atoms with van der Waals surface area (Å²) in [6.45, 7) is 0. The molecular formula is C7H10ClN3O3S. The summed E-state index contributed by atoms with van der Waals surface area (Å²) < 4.78 is 31.2. The van der Waals surface area contributed by atoms with Crippen molar-refractivity contribution in [1.29, 1.82) is 0 Å². The lowest BCUT2D eigenvalue weighted by Crippen LogP contribution is -2.51. The molecule has 1 aromatic rings. The van der Waals surface area contributed by atoms with Gasteiger partial charge in [0.05, 0.1) is 9.92 Å². The van der Waals surface area contributed by atoms with Crippen molar-refractivity contribution in [2.24, 2.45) is 11.5 Å². The van der Waals surface area contributed by atoms with E-state index >= 15 is 0 Å². The molecule has 0 atom stereocenters. The molecule has 0 unspecified atom stereocenters. The highest BCUT2D eigenvalue weighted by Gasteiger charge is 2.04. The van der Waals surface area contributed by atoms with Crippen molar-refractivity contribution in [2.75, 3.05) is 0 Å². The Bertz CT molecular complexity index is 443. The van der Waals surface area contributed by atoms with Crippen LogP contribution < -0.4 is 16.9 Å². The third-order valence-electron chi connectivity index (χ3n) is 1.11. The summed E-state index contributed by atoms with van der Waals surface area (Å²) in [4.78, 5) is -0.373. The van der Waals surface area contributed by atoms with Gasteiger partial charge >= 0.3 is 5.96 Å². The van der Waals surface area contributed by atoms with E-state index in [1.165, 1.54) is 18.2 Å². The lowest BCUT2D eigenvalue weighted by atomic mass is 10.4. The number of hydrogen-bond donors (Lipinski definition) is 3. The summed E-state index contributed by atoms with van der Waals surface area (Å²) in [6, 6.07) is 5.52. The quantitative estimate of drug-likeness (QED) is 0.309. The van der Waals surface area contributed by atoms with Crippen LogP contribution in [0.5, 0.6) is 0 Å². The molecular weight excluding hydrogens is 242 g/mol. The Labute approximate surface area is 92.1 Å². The molecule has 1 rings (SSSR count). The van der Waals surface area contributed by atoms with Gasteiger partial charge in [0.2, 0.25) is 0 Å². The van der Waals surface area contributed by atoms with Gasteiger partial charge in [-0.1, -0.05) is 23.7 Å². The van der Waals surface area contributed by atoms with Gasteiger partial charge in [-0.25, -0.2) is 8.42 Å². The lowest BCUT2D eigenvalue weighted by Gasteiger charge is -2.07. The zero-order valence-corrected chi connectivity index (χ0v) is 9.12. The second-order valence-electron chi connectivity index (χ2n) is 2.38. The summed E-state index contributed by atoms with van der Waals surface area (Å²) in [5, 5.41) is 4.54. The molecule has 0 aliphatic rings. The number of hydrogen-bond acceptors (Lipinski definition) is 3. The molecule has 0 aliphatic heterocycles. The van der Waals surface area contributed by atoms with Crippen molar-refractivity contribution < 1.29 is 18.4 Å². The van der Waals surface area contributed by atoms with E-state index in [1.54, 1.807) is 6.07 Å². The summed E-state index contributed by atoms with van der Waals surface area (Å²) >= 11 is 5.43. The van der Waals surface area contributed by atoms with Crippen LogP contribution in [-0.4, -0.2) is 18.9 Å². The highest BCUT2D eigenvalue weighted by molar-refractivity contribution is 7.85. The summed E-state index contributed by atoms with van der Waals surface area (Å²) in [7, 11) is -4.42. The number of guanidine groups is 1. The Hall–Kier alpha value is -1.31. The Morgan fingerprint density at radius 1 is 1.33 bits per heavy atom. The van der Waals surface area contributed by atoms with E-state index in [9.17, 15) is 13.0 Å². The van der Waals surface area contributed by atoms with E-state index in [-0.39, 0.29) is 15.9 Å². The zero-order chi connectivity index (χ0) is 12.1. The number of nitrogens with two attached hydrogens (primary N) is 3. The first kappa shape index (κ1) is 13.7. The van der Waals surface area contributed by atoms with Gasteiger partial charge in [0.1, 0.15) is 10.1 Å². The molecule has 0 aromatic heterocycles. The zero-order valence-electron chi connectivity index (χ0n) is 7.55. The van der Waals surface area contributed by atoms with Gasteiger partial charge in [-0.3, -0.25) is 16.9 Å². The van der Waals surface area contributed by atoms with Gasteiger partial charge in [-0.05, 0) is 12.1 Å². The second-order valence-corrected chi connectivity index (χ2v) is 4.14. The number of halogens is 1. The molecule has 0 fully saturated rings. The van der Waals surface area contributed by atoms with Gasteiger partial charge < -0.3 is 4.55 Å². The average Bonchev–Trinajstić information content (AvgIpc) is 2.01. The van der Waals surface area contributed by atoms with Crippen LogP contribution in [-0.2, 0) is 10.1 Å². The smallest absolute Gasteiger partial charge is 0.336 e. The van der Waals surface area contributed by atoms with Crippen LogP contribution in [0.3, 0.4) is 0 Å². The third-order valence-corrected chi connectivity index (χ3v) is 2.44. The average molecular weight is 252 g/mol. The van der Waals surface area contributed by atoms with Crippen LogP contribution in [0.15, 0.2) is 29.2 Å². The number of rotatable bonds is 1. The molecule has 0 bridgehead atoms. The Kier molecular flexibility index (Phi) is 5.06. The highest BCUT2D eigenvalue weighted by atomic mass is 35.5. The minimum atomic E-state index is -4.42. The Balaban J connectivity index is 0.000000423. The monoisotopic (exact) mass is 251 g/mol. The van der Waals surface area contributed by atoms with Crippen molar-refractivity contribution in [3.05, 3.63) is 29.3 Å². The fraction of sp³-hybridized carbons (Fsp3) is 0. The first-order valence-corrected chi connectivity index (χ1v) is 5.37. The molecule has 0 saturated carbocycles. The van der Waals surface area contributed by atoms with E-state index in [4.69, 9.17) is 11.6 Å². The molecule has 0 heterocycles. The first-order chi connectivity index (χ1) is 6.75. The molecule has 0 amide bonds. The third kappa shape index (κ3) is 5.89. The van der Waals surface area contributed by atoms with Crippen molar-refractivity contribution in [2.45, 2.75) is 4.90 Å². The standard InChI is InChI=1S/C6H5ClO3S.CH5N3/c7-5-3-1-2-4-6(5)11(8,9)10;2-1(3)4/h1-4H,(H,8,9,10);(H5,2,3,4). The first-order valence-electron chi connectivity index (χ1n) is 3.59. The molecule has 84 valence electrons. The molecule has 6 N–H and O–H groups in total. The molecule has 6 nitrogen and oxygen atoms in total. The van der Waals surface area contributed by atoms with Gasteiger partial charge in [-0.15, -0.1) is 0 Å². The lowest BCUT2D eigenvalue weighted by molar-refractivity contribution is -0.116. The predicted molar refractivity (Wildman–Crippen MR) is 54.7 cm³/mol. The topological polar surface area (TPSA) is 135 Å². The molecule has 0 saturated heterocycles. The van der Waals surface area contributed by atoms with Crippen molar-refractivity contribution in [3.63, 3.8) is 0 Å². The Morgan fingerprint density at radius 2 is 1.73 bits per heavy atom. The molecule has 8 heteroatoms. The SMILES string of the molecule is NC(N)=[NH2+].O=S(=O)([O-])c1ccccc1Cl. The van der Waals surface area contributed by atoms with Crippen LogP contribution in [0, 0.1) is 0 Å². The van der Waals surface area contributed by atoms with E-state index in [0.717, 1.165) is 0 Å². The predicted octanol–water partition coefficient (Wildman–Crippen LogP) is -1.74. The van der Waals surface area contributed by atoms with Crippen LogP contribution in [0.2, 0.25) is 5.02 Å². The fourth-order valence-electron chi connectivity index (χ4n) is 0.647. The van der Waals surface area contributed by atoms with Gasteiger partial charge in [0, 0.05) is 0 Å². The maximum absolute atomic E-state index is 10.4. The van der Waals surface area contributed by atoms with E-state index in [2.05, 4.69) is 16.9 Å². The van der Waals surface area contributed by atoms with Gasteiger partial charge in [0.15, 0.2) is 0 Å². The summed E-state index contributed by atoms with van der Waals surface area (Å²) in [5.41, 5.74) is 9.17. The van der Waals surface area contributed by atoms with Crippen LogP contribution in [0.1, 0.15) is 0 Å². The van der Waals surface area contributed by atoms with Crippen LogP contribution in [0.25, 0.3) is 0 Å². The Morgan fingerprint density at radius 3 is 2.00 bits per heavy atom. The van der Waals surface area contributed by atoms with Gasteiger partial charge in [0.25, 0.3) is 0 Å². The van der Waals surface area contributed by atoms with Crippen LogP contribution >= 0.6 is 11.6 Å². The van der Waals surface area contributed by atoms with E-state index in [1.807, 2.05) is 0 Å². The summed E-state index contributed by atoms with van der Waals surface area (Å²) in [5.74, 6) is -0.0833.